The average Bonchev–Trinajstić information content (AvgIpc) is 2.96. The Kier molecular flexibility index (Phi) is 5.38. The molecule has 30 heavy (non-hydrogen) atoms. The van der Waals surface area contributed by atoms with Gasteiger partial charge in [0.1, 0.15) is 11.4 Å². The van der Waals surface area contributed by atoms with Crippen molar-refractivity contribution in [3.05, 3.63) is 79.9 Å². The van der Waals surface area contributed by atoms with Gasteiger partial charge in [-0.1, -0.05) is 23.7 Å². The maximum absolute atomic E-state index is 14.0. The van der Waals surface area contributed by atoms with E-state index in [1.54, 1.807) is 36.1 Å². The fourth-order valence-corrected chi connectivity index (χ4v) is 4.12. The van der Waals surface area contributed by atoms with Crippen molar-refractivity contribution >= 4 is 28.5 Å². The molecule has 1 atom stereocenters. The van der Waals surface area contributed by atoms with Gasteiger partial charge in [0.25, 0.3) is 5.91 Å². The zero-order valence-corrected chi connectivity index (χ0v) is 17.8. The number of rotatable bonds is 5. The van der Waals surface area contributed by atoms with Crippen LogP contribution in [0.4, 0.5) is 4.39 Å². The Morgan fingerprint density at radius 2 is 1.97 bits per heavy atom. The maximum atomic E-state index is 14.0. The summed E-state index contributed by atoms with van der Waals surface area (Å²) in [6.45, 7) is 2.99. The van der Waals surface area contributed by atoms with E-state index in [1.807, 2.05) is 19.0 Å². The molecule has 0 saturated heterocycles. The number of nitrogens with zero attached hydrogens (tertiary/aromatic N) is 2. The lowest BCUT2D eigenvalue weighted by Crippen LogP contribution is -2.32. The lowest BCUT2D eigenvalue weighted by molar-refractivity contribution is 0.0722. The van der Waals surface area contributed by atoms with Gasteiger partial charge in [0, 0.05) is 11.6 Å². The number of carbonyl (C=O) groups is 1. The second-order valence-electron chi connectivity index (χ2n) is 7.88. The molecule has 2 aromatic carbocycles. The molecule has 0 N–H and O–H groups in total. The molecule has 1 aromatic heterocycles. The van der Waals surface area contributed by atoms with Crippen LogP contribution in [-0.2, 0) is 0 Å². The zero-order chi connectivity index (χ0) is 21.6. The van der Waals surface area contributed by atoms with E-state index in [1.165, 1.54) is 12.1 Å². The summed E-state index contributed by atoms with van der Waals surface area (Å²) < 4.78 is 19.9. The first-order valence-corrected chi connectivity index (χ1v) is 10.1. The van der Waals surface area contributed by atoms with Gasteiger partial charge in [-0.25, -0.2) is 4.39 Å². The van der Waals surface area contributed by atoms with Crippen molar-refractivity contribution in [3.8, 4) is 0 Å². The number of hydrogen-bond acceptors (Lipinski definition) is 4. The van der Waals surface area contributed by atoms with Crippen LogP contribution < -0.4 is 5.43 Å². The van der Waals surface area contributed by atoms with Crippen molar-refractivity contribution in [2.24, 2.45) is 0 Å². The molecule has 1 aliphatic rings. The summed E-state index contributed by atoms with van der Waals surface area (Å²) in [7, 11) is 3.91. The van der Waals surface area contributed by atoms with Crippen molar-refractivity contribution in [1.29, 1.82) is 0 Å². The standard InChI is InChI=1S/C23H22ClFN2O3/c1-13-10-18-16(12-17(13)24)21(28)19-20(14-6-4-7-15(25)11-14)27(9-5-8-26(2)3)23(29)22(19)30-18/h4,6-7,10-12,20H,5,8-9H2,1-3H3. The SMILES string of the molecule is Cc1cc2oc3c(c(=O)c2cc1Cl)C(c1cccc(F)c1)N(CCCN(C)C)C3=O. The van der Waals surface area contributed by atoms with Gasteiger partial charge in [0.2, 0.25) is 5.76 Å². The molecular formula is C23H22ClFN2O3. The smallest absolute Gasteiger partial charge is 0.290 e. The number of hydrogen-bond donors (Lipinski definition) is 0. The van der Waals surface area contributed by atoms with Crippen molar-refractivity contribution in [3.63, 3.8) is 0 Å². The molecule has 0 bridgehead atoms. The minimum atomic E-state index is -0.703. The molecule has 0 aliphatic carbocycles. The van der Waals surface area contributed by atoms with E-state index >= 15 is 0 Å². The summed E-state index contributed by atoms with van der Waals surface area (Å²) in [6, 6.07) is 8.53. The first-order chi connectivity index (χ1) is 14.3. The van der Waals surface area contributed by atoms with Gasteiger partial charge in [0.05, 0.1) is 17.0 Å². The highest BCUT2D eigenvalue weighted by Gasteiger charge is 2.42. The molecule has 1 amide bonds. The highest BCUT2D eigenvalue weighted by molar-refractivity contribution is 6.32. The van der Waals surface area contributed by atoms with Gasteiger partial charge in [-0.2, -0.15) is 0 Å². The number of halogens is 2. The number of aryl methyl sites for hydroxylation is 1. The van der Waals surface area contributed by atoms with Crippen LogP contribution in [0, 0.1) is 12.7 Å². The maximum Gasteiger partial charge on any atom is 0.290 e. The molecular weight excluding hydrogens is 407 g/mol. The zero-order valence-electron chi connectivity index (χ0n) is 17.0. The van der Waals surface area contributed by atoms with Gasteiger partial charge >= 0.3 is 0 Å². The molecule has 0 fully saturated rings. The second-order valence-corrected chi connectivity index (χ2v) is 8.29. The third-order valence-corrected chi connectivity index (χ3v) is 5.82. The molecule has 0 spiro atoms. The van der Waals surface area contributed by atoms with Gasteiger partial charge in [-0.3, -0.25) is 9.59 Å². The highest BCUT2D eigenvalue weighted by Crippen LogP contribution is 2.38. The van der Waals surface area contributed by atoms with Crippen LogP contribution in [0.5, 0.6) is 0 Å². The largest absolute Gasteiger partial charge is 0.450 e. The predicted molar refractivity (Wildman–Crippen MR) is 115 cm³/mol. The summed E-state index contributed by atoms with van der Waals surface area (Å²) >= 11 is 6.23. The summed E-state index contributed by atoms with van der Waals surface area (Å²) in [5.41, 5.74) is 1.54. The van der Waals surface area contributed by atoms with E-state index in [0.29, 0.717) is 34.5 Å². The summed E-state index contributed by atoms with van der Waals surface area (Å²) in [4.78, 5) is 30.3. The lowest BCUT2D eigenvalue weighted by Gasteiger charge is -2.25. The van der Waals surface area contributed by atoms with E-state index in [-0.39, 0.29) is 22.7 Å². The predicted octanol–water partition coefficient (Wildman–Crippen LogP) is 4.39. The minimum absolute atomic E-state index is 0.0216. The third-order valence-electron chi connectivity index (χ3n) is 5.42. The molecule has 156 valence electrons. The van der Waals surface area contributed by atoms with Gasteiger partial charge in [0.15, 0.2) is 5.43 Å². The molecule has 0 saturated carbocycles. The van der Waals surface area contributed by atoms with Crippen molar-refractivity contribution in [2.75, 3.05) is 27.2 Å². The van der Waals surface area contributed by atoms with Crippen molar-refractivity contribution in [1.82, 2.24) is 9.80 Å². The van der Waals surface area contributed by atoms with Crippen LogP contribution in [-0.4, -0.2) is 42.9 Å². The first-order valence-electron chi connectivity index (χ1n) is 9.76. The topological polar surface area (TPSA) is 53.8 Å². The van der Waals surface area contributed by atoms with E-state index in [0.717, 1.165) is 12.1 Å². The van der Waals surface area contributed by atoms with Gasteiger partial charge in [-0.05, 0) is 69.4 Å². The minimum Gasteiger partial charge on any atom is -0.450 e. The average molecular weight is 429 g/mol. The summed E-state index contributed by atoms with van der Waals surface area (Å²) in [5, 5.41) is 0.762. The number of carbonyl (C=O) groups excluding carboxylic acids is 1. The molecule has 5 nitrogen and oxygen atoms in total. The van der Waals surface area contributed by atoms with Crippen LogP contribution in [0.1, 0.15) is 39.7 Å². The van der Waals surface area contributed by atoms with Gasteiger partial charge < -0.3 is 14.2 Å². The van der Waals surface area contributed by atoms with Crippen LogP contribution in [0.2, 0.25) is 5.02 Å². The van der Waals surface area contributed by atoms with E-state index in [9.17, 15) is 14.0 Å². The number of fused-ring (bicyclic) bond motifs is 2. The quantitative estimate of drug-likeness (QED) is 0.604. The fraction of sp³-hybridized carbons (Fsp3) is 0.304. The number of benzene rings is 2. The monoisotopic (exact) mass is 428 g/mol. The van der Waals surface area contributed by atoms with E-state index < -0.39 is 11.9 Å². The second kappa shape index (κ2) is 7.85. The van der Waals surface area contributed by atoms with Crippen LogP contribution in [0.3, 0.4) is 0 Å². The van der Waals surface area contributed by atoms with E-state index in [4.69, 9.17) is 16.0 Å². The lowest BCUT2D eigenvalue weighted by atomic mass is 9.98. The molecule has 2 heterocycles. The molecule has 3 aromatic rings. The molecule has 7 heteroatoms. The Bertz CT molecular complexity index is 1210. The first kappa shape index (κ1) is 20.6. The van der Waals surface area contributed by atoms with Crippen molar-refractivity contribution < 1.29 is 13.6 Å². The Hall–Kier alpha value is -2.70. The fourth-order valence-electron chi connectivity index (χ4n) is 3.95. The molecule has 0 radical (unpaired) electrons. The van der Waals surface area contributed by atoms with Crippen LogP contribution in [0.15, 0.2) is 45.6 Å². The highest BCUT2D eigenvalue weighted by atomic mass is 35.5. The Morgan fingerprint density at radius 1 is 1.20 bits per heavy atom. The number of amides is 1. The Balaban J connectivity index is 1.91. The van der Waals surface area contributed by atoms with Crippen LogP contribution in [0.25, 0.3) is 11.0 Å². The van der Waals surface area contributed by atoms with Crippen molar-refractivity contribution in [2.45, 2.75) is 19.4 Å². The summed E-state index contributed by atoms with van der Waals surface area (Å²) in [6.07, 6.45) is 0.706. The third kappa shape index (κ3) is 3.50. The van der Waals surface area contributed by atoms with E-state index in [2.05, 4.69) is 0 Å². The Morgan fingerprint density at radius 3 is 2.67 bits per heavy atom. The summed E-state index contributed by atoms with van der Waals surface area (Å²) in [5.74, 6) is -0.761. The van der Waals surface area contributed by atoms with Gasteiger partial charge in [-0.15, -0.1) is 0 Å². The normalized spacial score (nSPS) is 16.0. The molecule has 1 aliphatic heterocycles. The molecule has 4 rings (SSSR count). The Labute approximate surface area is 178 Å². The molecule has 1 unspecified atom stereocenters. The van der Waals surface area contributed by atoms with Crippen LogP contribution >= 0.6 is 11.6 Å².